The molecule has 76 valence electrons. The van der Waals surface area contributed by atoms with Crippen molar-refractivity contribution in [1.29, 1.82) is 0 Å². The van der Waals surface area contributed by atoms with Crippen LogP contribution in [0.1, 0.15) is 24.8 Å². The molecule has 0 spiro atoms. The van der Waals surface area contributed by atoms with Gasteiger partial charge in [-0.25, -0.2) is 0 Å². The van der Waals surface area contributed by atoms with Crippen molar-refractivity contribution in [1.82, 2.24) is 0 Å². The molecule has 0 radical (unpaired) electrons. The Balaban J connectivity index is 1.99. The van der Waals surface area contributed by atoms with Gasteiger partial charge in [0, 0.05) is 5.88 Å². The predicted octanol–water partition coefficient (Wildman–Crippen LogP) is 3.40. The topological polar surface area (TPSA) is 9.23 Å². The Morgan fingerprint density at radius 2 is 2.21 bits per heavy atom. The smallest absolute Gasteiger partial charge is 0.122 e. The molecule has 0 aromatic heterocycles. The first kappa shape index (κ1) is 9.85. The summed E-state index contributed by atoms with van der Waals surface area (Å²) in [6, 6.07) is 8.30. The van der Waals surface area contributed by atoms with Crippen LogP contribution < -0.4 is 4.74 Å². The van der Waals surface area contributed by atoms with E-state index in [1.165, 1.54) is 5.56 Å². The summed E-state index contributed by atoms with van der Waals surface area (Å²) in [5, 5.41) is 0. The van der Waals surface area contributed by atoms with Gasteiger partial charge in [0.15, 0.2) is 0 Å². The molecule has 2 rings (SSSR count). The molecule has 1 aromatic carbocycles. The zero-order chi connectivity index (χ0) is 9.80. The highest BCUT2D eigenvalue weighted by molar-refractivity contribution is 6.17. The number of alkyl halides is 1. The van der Waals surface area contributed by atoms with E-state index in [2.05, 4.69) is 18.2 Å². The molecular weight excluding hydrogens is 196 g/mol. The van der Waals surface area contributed by atoms with Crippen molar-refractivity contribution < 1.29 is 4.74 Å². The fourth-order valence-electron chi connectivity index (χ4n) is 1.89. The maximum Gasteiger partial charge on any atom is 0.122 e. The van der Waals surface area contributed by atoms with E-state index in [0.29, 0.717) is 6.10 Å². The summed E-state index contributed by atoms with van der Waals surface area (Å²) >= 11 is 5.67. The second-order valence-electron chi connectivity index (χ2n) is 3.72. The molecular formula is C12H15ClO. The van der Waals surface area contributed by atoms with Crippen LogP contribution in [0.5, 0.6) is 5.75 Å². The highest BCUT2D eigenvalue weighted by Gasteiger charge is 2.18. The monoisotopic (exact) mass is 210 g/mol. The third kappa shape index (κ3) is 2.21. The molecule has 0 amide bonds. The lowest BCUT2D eigenvalue weighted by Gasteiger charge is -2.25. The fraction of sp³-hybridized carbons (Fsp3) is 0.500. The number of benzene rings is 1. The maximum atomic E-state index is 5.88. The minimum Gasteiger partial charge on any atom is -0.490 e. The van der Waals surface area contributed by atoms with E-state index in [9.17, 15) is 0 Å². The van der Waals surface area contributed by atoms with E-state index in [0.717, 1.165) is 37.3 Å². The molecule has 14 heavy (non-hydrogen) atoms. The molecule has 0 saturated carbocycles. The van der Waals surface area contributed by atoms with E-state index in [4.69, 9.17) is 16.3 Å². The van der Waals surface area contributed by atoms with Crippen LogP contribution in [0.3, 0.4) is 0 Å². The second-order valence-corrected chi connectivity index (χ2v) is 4.10. The predicted molar refractivity (Wildman–Crippen MR) is 59.1 cm³/mol. The first-order valence-corrected chi connectivity index (χ1v) is 5.74. The highest BCUT2D eigenvalue weighted by Crippen LogP contribution is 2.28. The summed E-state index contributed by atoms with van der Waals surface area (Å²) in [6.07, 6.45) is 4.78. The summed E-state index contributed by atoms with van der Waals surface area (Å²) < 4.78 is 5.88. The molecule has 1 atom stereocenters. The van der Waals surface area contributed by atoms with Crippen LogP contribution in [-0.2, 0) is 6.42 Å². The molecule has 0 fully saturated rings. The first-order chi connectivity index (χ1) is 6.90. The Bertz CT molecular complexity index is 298. The number of rotatable bonds is 3. The third-order valence-corrected chi connectivity index (χ3v) is 2.93. The maximum absolute atomic E-state index is 5.88. The van der Waals surface area contributed by atoms with Gasteiger partial charge in [0.2, 0.25) is 0 Å². The molecule has 0 N–H and O–H groups in total. The lowest BCUT2D eigenvalue weighted by atomic mass is 10.00. The molecule has 1 aliphatic heterocycles. The molecule has 1 nitrogen and oxygen atoms in total. The summed E-state index contributed by atoms with van der Waals surface area (Å²) in [5.74, 6) is 1.81. The minimum atomic E-state index is 0.378. The van der Waals surface area contributed by atoms with Gasteiger partial charge >= 0.3 is 0 Å². The minimum absolute atomic E-state index is 0.378. The first-order valence-electron chi connectivity index (χ1n) is 5.20. The van der Waals surface area contributed by atoms with Crippen LogP contribution in [0.4, 0.5) is 0 Å². The Morgan fingerprint density at radius 3 is 3.07 bits per heavy atom. The van der Waals surface area contributed by atoms with Gasteiger partial charge in [-0.15, -0.1) is 11.6 Å². The van der Waals surface area contributed by atoms with Gasteiger partial charge in [0.1, 0.15) is 5.75 Å². The van der Waals surface area contributed by atoms with Crippen LogP contribution in [0.2, 0.25) is 0 Å². The number of aryl methyl sites for hydroxylation is 1. The van der Waals surface area contributed by atoms with Crippen LogP contribution in [0.15, 0.2) is 24.3 Å². The quantitative estimate of drug-likeness (QED) is 0.695. The lowest BCUT2D eigenvalue weighted by Crippen LogP contribution is -2.22. The average molecular weight is 211 g/mol. The lowest BCUT2D eigenvalue weighted by molar-refractivity contribution is 0.163. The Labute approximate surface area is 90.0 Å². The van der Waals surface area contributed by atoms with Crippen molar-refractivity contribution in [3.8, 4) is 5.75 Å². The number of ether oxygens (including phenoxy) is 1. The zero-order valence-electron chi connectivity index (χ0n) is 8.21. The zero-order valence-corrected chi connectivity index (χ0v) is 8.96. The normalized spacial score (nSPS) is 19.9. The van der Waals surface area contributed by atoms with Crippen LogP contribution >= 0.6 is 11.6 Å². The number of fused-ring (bicyclic) bond motifs is 1. The molecule has 0 saturated heterocycles. The van der Waals surface area contributed by atoms with E-state index in [1.54, 1.807) is 0 Å². The number of halogens is 1. The largest absolute Gasteiger partial charge is 0.490 e. The number of para-hydroxylation sites is 1. The van der Waals surface area contributed by atoms with Crippen molar-refractivity contribution in [2.24, 2.45) is 0 Å². The van der Waals surface area contributed by atoms with Crippen LogP contribution in [0.25, 0.3) is 0 Å². The average Bonchev–Trinajstić information content (AvgIpc) is 2.26. The number of hydrogen-bond acceptors (Lipinski definition) is 1. The van der Waals surface area contributed by atoms with E-state index < -0.39 is 0 Å². The molecule has 0 aliphatic carbocycles. The summed E-state index contributed by atoms with van der Waals surface area (Å²) in [5.41, 5.74) is 1.34. The molecule has 1 aromatic rings. The highest BCUT2D eigenvalue weighted by atomic mass is 35.5. The molecule has 1 aliphatic rings. The Kier molecular flexibility index (Phi) is 3.30. The molecule has 2 heteroatoms. The van der Waals surface area contributed by atoms with E-state index in [1.807, 2.05) is 6.07 Å². The van der Waals surface area contributed by atoms with Crippen LogP contribution in [-0.4, -0.2) is 12.0 Å². The van der Waals surface area contributed by atoms with Crippen molar-refractivity contribution in [3.63, 3.8) is 0 Å². The van der Waals surface area contributed by atoms with Gasteiger partial charge in [-0.1, -0.05) is 18.2 Å². The summed E-state index contributed by atoms with van der Waals surface area (Å²) in [6.45, 7) is 0. The van der Waals surface area contributed by atoms with Gasteiger partial charge < -0.3 is 4.74 Å². The van der Waals surface area contributed by atoms with Gasteiger partial charge in [0.25, 0.3) is 0 Å². The molecule has 1 unspecified atom stereocenters. The van der Waals surface area contributed by atoms with Gasteiger partial charge in [0.05, 0.1) is 6.10 Å². The number of hydrogen-bond donors (Lipinski definition) is 0. The van der Waals surface area contributed by atoms with Gasteiger partial charge in [-0.05, 0) is 37.3 Å². The fourth-order valence-corrected chi connectivity index (χ4v) is 2.04. The Morgan fingerprint density at radius 1 is 1.36 bits per heavy atom. The SMILES string of the molecule is ClCCCC1CCc2ccccc2O1. The van der Waals surface area contributed by atoms with E-state index >= 15 is 0 Å². The standard InChI is InChI=1S/C12H15ClO/c13-9-3-5-11-8-7-10-4-1-2-6-12(10)14-11/h1-2,4,6,11H,3,5,7-9H2. The van der Waals surface area contributed by atoms with Gasteiger partial charge in [-0.2, -0.15) is 0 Å². The second kappa shape index (κ2) is 4.70. The summed E-state index contributed by atoms with van der Waals surface area (Å²) in [7, 11) is 0. The Hall–Kier alpha value is -0.690. The van der Waals surface area contributed by atoms with Gasteiger partial charge in [-0.3, -0.25) is 0 Å². The van der Waals surface area contributed by atoms with E-state index in [-0.39, 0.29) is 0 Å². The van der Waals surface area contributed by atoms with Crippen LogP contribution in [0, 0.1) is 0 Å². The molecule has 1 heterocycles. The van der Waals surface area contributed by atoms with Crippen molar-refractivity contribution in [2.45, 2.75) is 31.8 Å². The van der Waals surface area contributed by atoms with Crippen molar-refractivity contribution in [2.75, 3.05) is 5.88 Å². The summed E-state index contributed by atoms with van der Waals surface area (Å²) in [4.78, 5) is 0. The van der Waals surface area contributed by atoms with Crippen molar-refractivity contribution >= 4 is 11.6 Å². The third-order valence-electron chi connectivity index (χ3n) is 2.66. The molecule has 0 bridgehead atoms. The van der Waals surface area contributed by atoms with Crippen molar-refractivity contribution in [3.05, 3.63) is 29.8 Å².